The molecule has 0 saturated heterocycles. The third kappa shape index (κ3) is 8.72. The fourth-order valence-electron chi connectivity index (χ4n) is 1.73. The van der Waals surface area contributed by atoms with Crippen LogP contribution in [0.1, 0.15) is 54.9 Å². The summed E-state index contributed by atoms with van der Waals surface area (Å²) in [7, 11) is -2.53. The maximum Gasteiger partial charge on any atom is 0.408 e. The van der Waals surface area contributed by atoms with Gasteiger partial charge in [0.2, 0.25) is 0 Å². The lowest BCUT2D eigenvalue weighted by Gasteiger charge is -2.39. The first-order valence-corrected chi connectivity index (χ1v) is 13.0. The minimum Gasteiger partial charge on any atom is -0.598 e. The molecule has 1 N–H and O–H groups in total. The van der Waals surface area contributed by atoms with E-state index in [4.69, 9.17) is 9.16 Å². The van der Waals surface area contributed by atoms with Gasteiger partial charge in [0.1, 0.15) is 10.9 Å². The van der Waals surface area contributed by atoms with E-state index >= 15 is 0 Å². The second-order valence-corrected chi connectivity index (χ2v) is 15.7. The Hall–Kier alpha value is -0.293. The Labute approximate surface area is 165 Å². The van der Waals surface area contributed by atoms with E-state index in [0.29, 0.717) is 0 Å². The maximum absolute atomic E-state index is 13.6. The summed E-state index contributed by atoms with van der Waals surface area (Å²) in [5.41, 5.74) is 0. The first kappa shape index (κ1) is 26.7. The molecule has 0 bridgehead atoms. The first-order valence-electron chi connectivity index (χ1n) is 8.92. The van der Waals surface area contributed by atoms with Gasteiger partial charge in [-0.1, -0.05) is 20.8 Å². The van der Waals surface area contributed by atoms with Gasteiger partial charge in [-0.05, 0) is 45.8 Å². The van der Waals surface area contributed by atoms with Crippen molar-refractivity contribution in [3.63, 3.8) is 0 Å². The zero-order chi connectivity index (χ0) is 21.8. The van der Waals surface area contributed by atoms with E-state index in [1.54, 1.807) is 27.7 Å². The number of esters is 1. The van der Waals surface area contributed by atoms with Crippen LogP contribution < -0.4 is 4.72 Å². The molecule has 5 nitrogen and oxygen atoms in total. The van der Waals surface area contributed by atoms with Crippen molar-refractivity contribution in [3.8, 4) is 0 Å². The zero-order valence-corrected chi connectivity index (χ0v) is 19.6. The molecule has 0 saturated carbocycles. The Morgan fingerprint density at radius 2 is 1.63 bits per heavy atom. The number of nitrogens with one attached hydrogen (secondary N) is 1. The lowest BCUT2D eigenvalue weighted by Crippen LogP contribution is -2.54. The SMILES string of the molecule is CCOC(=O)C(C[C@H](N[S+]([O-])C(C)(C)C)C(F)(F)F)O[Si](C)(C)C(C)(C)C. The number of halogens is 3. The molecule has 10 heteroatoms. The van der Waals surface area contributed by atoms with Crippen LogP contribution in [0.2, 0.25) is 18.1 Å². The van der Waals surface area contributed by atoms with Gasteiger partial charge in [-0.15, -0.1) is 4.72 Å². The van der Waals surface area contributed by atoms with E-state index in [9.17, 15) is 22.5 Å². The molecule has 0 rings (SSSR count). The number of ether oxygens (including phenoxy) is 1. The first-order chi connectivity index (χ1) is 11.8. The fraction of sp³-hybridized carbons (Fsp3) is 0.941. The van der Waals surface area contributed by atoms with Gasteiger partial charge in [-0.2, -0.15) is 13.2 Å². The Morgan fingerprint density at radius 3 is 1.96 bits per heavy atom. The van der Waals surface area contributed by atoms with Crippen molar-refractivity contribution in [2.75, 3.05) is 6.61 Å². The van der Waals surface area contributed by atoms with Crippen LogP contribution >= 0.6 is 0 Å². The summed E-state index contributed by atoms with van der Waals surface area (Å²) in [6.07, 6.45) is -6.78. The van der Waals surface area contributed by atoms with Crippen molar-refractivity contribution in [1.82, 2.24) is 4.72 Å². The molecular weight excluding hydrogens is 399 g/mol. The molecule has 0 aromatic carbocycles. The maximum atomic E-state index is 13.6. The molecule has 162 valence electrons. The highest BCUT2D eigenvalue weighted by Gasteiger charge is 2.49. The second kappa shape index (κ2) is 9.47. The van der Waals surface area contributed by atoms with Crippen LogP contribution in [-0.2, 0) is 25.3 Å². The quantitative estimate of drug-likeness (QED) is 0.351. The van der Waals surface area contributed by atoms with Crippen molar-refractivity contribution >= 4 is 25.6 Å². The Morgan fingerprint density at radius 1 is 1.15 bits per heavy atom. The standard InChI is InChI=1S/C17H34F3NO4SSi/c1-10-24-14(22)12(25-27(8,9)16(5,6)7)11-13(17(18,19)20)21-26(23)15(2,3)4/h12-13,21H,10-11H2,1-9H3/t12?,13-,26?/m0/s1. The monoisotopic (exact) mass is 433 g/mol. The third-order valence-corrected chi connectivity index (χ3v) is 10.5. The summed E-state index contributed by atoms with van der Waals surface area (Å²) < 4.78 is 65.0. The highest BCUT2D eigenvalue weighted by molar-refractivity contribution is 7.90. The average Bonchev–Trinajstić information content (AvgIpc) is 2.42. The van der Waals surface area contributed by atoms with Gasteiger partial charge in [-0.25, -0.2) is 4.79 Å². The Bertz CT molecular complexity index is 490. The van der Waals surface area contributed by atoms with Crippen molar-refractivity contribution in [2.24, 2.45) is 0 Å². The molecule has 0 aromatic rings. The molecule has 0 radical (unpaired) electrons. The van der Waals surface area contributed by atoms with E-state index in [0.717, 1.165) is 0 Å². The summed E-state index contributed by atoms with van der Waals surface area (Å²) >= 11 is -1.95. The molecule has 0 amide bonds. The molecule has 0 heterocycles. The number of rotatable bonds is 8. The highest BCUT2D eigenvalue weighted by atomic mass is 32.2. The van der Waals surface area contributed by atoms with Gasteiger partial charge in [0.25, 0.3) is 0 Å². The van der Waals surface area contributed by atoms with Gasteiger partial charge < -0.3 is 13.7 Å². The molecule has 2 unspecified atom stereocenters. The van der Waals surface area contributed by atoms with E-state index in [-0.39, 0.29) is 11.6 Å². The topological polar surface area (TPSA) is 70.6 Å². The van der Waals surface area contributed by atoms with Crippen molar-refractivity contribution in [3.05, 3.63) is 0 Å². The highest BCUT2D eigenvalue weighted by Crippen LogP contribution is 2.38. The van der Waals surface area contributed by atoms with E-state index in [1.165, 1.54) is 0 Å². The third-order valence-electron chi connectivity index (χ3n) is 4.44. The summed E-state index contributed by atoms with van der Waals surface area (Å²) in [5.74, 6) is -0.833. The van der Waals surface area contributed by atoms with Crippen LogP contribution in [0, 0.1) is 0 Å². The molecule has 0 fully saturated rings. The van der Waals surface area contributed by atoms with Gasteiger partial charge >= 0.3 is 12.1 Å². The van der Waals surface area contributed by atoms with E-state index in [2.05, 4.69) is 4.72 Å². The predicted octanol–water partition coefficient (Wildman–Crippen LogP) is 4.31. The van der Waals surface area contributed by atoms with Gasteiger partial charge in [0, 0.05) is 17.8 Å². The molecule has 0 aliphatic rings. The van der Waals surface area contributed by atoms with Crippen LogP contribution in [0.5, 0.6) is 0 Å². The molecule has 0 spiro atoms. The smallest absolute Gasteiger partial charge is 0.408 e. The van der Waals surface area contributed by atoms with Crippen LogP contribution in [0.15, 0.2) is 0 Å². The van der Waals surface area contributed by atoms with Crippen LogP contribution in [-0.4, -0.2) is 48.5 Å². The Balaban J connectivity index is 5.65. The van der Waals surface area contributed by atoms with Gasteiger partial charge in [0.15, 0.2) is 14.4 Å². The lowest BCUT2D eigenvalue weighted by molar-refractivity contribution is -0.166. The number of carbonyl (C=O) groups is 1. The molecular formula is C17H34F3NO4SSi. The Kier molecular flexibility index (Phi) is 9.37. The molecule has 0 aliphatic heterocycles. The van der Waals surface area contributed by atoms with Crippen LogP contribution in [0.25, 0.3) is 0 Å². The van der Waals surface area contributed by atoms with Crippen LogP contribution in [0.3, 0.4) is 0 Å². The summed E-state index contributed by atoms with van der Waals surface area (Å²) in [6, 6.07) is -2.16. The van der Waals surface area contributed by atoms with E-state index in [1.807, 2.05) is 33.9 Å². The molecule has 0 aliphatic carbocycles. The number of carbonyl (C=O) groups excluding carboxylic acids is 1. The minimum atomic E-state index is -4.69. The van der Waals surface area contributed by atoms with Gasteiger partial charge in [0.05, 0.1) is 6.61 Å². The zero-order valence-electron chi connectivity index (χ0n) is 17.7. The summed E-state index contributed by atoms with van der Waals surface area (Å²) in [5, 5.41) is -0.298. The minimum absolute atomic E-state index is 0.0359. The van der Waals surface area contributed by atoms with E-state index < -0.39 is 55.1 Å². The number of hydrogen-bond donors (Lipinski definition) is 1. The van der Waals surface area contributed by atoms with Crippen molar-refractivity contribution < 1.29 is 31.7 Å². The predicted molar refractivity (Wildman–Crippen MR) is 104 cm³/mol. The summed E-state index contributed by atoms with van der Waals surface area (Å²) in [4.78, 5) is 12.3. The van der Waals surface area contributed by atoms with Gasteiger partial charge in [-0.3, -0.25) is 0 Å². The molecule has 3 atom stereocenters. The fourth-order valence-corrected chi connectivity index (χ4v) is 3.83. The largest absolute Gasteiger partial charge is 0.598 e. The normalized spacial score (nSPS) is 17.4. The summed E-state index contributed by atoms with van der Waals surface area (Å²) in [6.45, 7) is 15.8. The van der Waals surface area contributed by atoms with Crippen molar-refractivity contribution in [2.45, 2.75) is 96.1 Å². The van der Waals surface area contributed by atoms with Crippen molar-refractivity contribution in [1.29, 1.82) is 0 Å². The lowest BCUT2D eigenvalue weighted by atomic mass is 10.1. The molecule has 27 heavy (non-hydrogen) atoms. The van der Waals surface area contributed by atoms with Crippen LogP contribution in [0.4, 0.5) is 13.2 Å². The average molecular weight is 434 g/mol. The number of alkyl halides is 3. The second-order valence-electron chi connectivity index (χ2n) is 8.95. The molecule has 0 aromatic heterocycles. The number of hydrogen-bond acceptors (Lipinski definition) is 5.